The number of carboxylic acid groups (broad SMARTS) is 1. The third-order valence-electron chi connectivity index (χ3n) is 8.19. The van der Waals surface area contributed by atoms with Crippen molar-refractivity contribution in [2.45, 2.75) is 206 Å². The lowest BCUT2D eigenvalue weighted by atomic mass is 10.0. The van der Waals surface area contributed by atoms with Gasteiger partial charge in [-0.15, -0.1) is 0 Å². The maximum atomic E-state index is 11.9. The Balaban J connectivity index is 3.19. The number of carboxylic acids is 1. The lowest BCUT2D eigenvalue weighted by Gasteiger charge is -2.06. The van der Waals surface area contributed by atoms with Gasteiger partial charge in [-0.05, 0) is 44.9 Å². The van der Waals surface area contributed by atoms with E-state index in [-0.39, 0.29) is 5.97 Å². The van der Waals surface area contributed by atoms with Gasteiger partial charge in [-0.2, -0.15) is 0 Å². The second kappa shape index (κ2) is 34.9. The topological polar surface area (TPSA) is 63.6 Å². The normalized spacial score (nSPS) is 11.4. The maximum Gasteiger partial charge on any atom is 0.305 e. The number of allylic oxidation sites excluding steroid dienone is 2. The number of carbonyl (C=O) groups excluding carboxylic acids is 1. The zero-order valence-corrected chi connectivity index (χ0v) is 27.5. The summed E-state index contributed by atoms with van der Waals surface area (Å²) in [5, 5.41) is 8.63. The molecule has 0 spiro atoms. The molecular weight excluding hydrogens is 508 g/mol. The van der Waals surface area contributed by atoms with Crippen molar-refractivity contribution in [1.82, 2.24) is 0 Å². The fourth-order valence-electron chi connectivity index (χ4n) is 5.45. The van der Waals surface area contributed by atoms with Crippen LogP contribution in [0.2, 0.25) is 0 Å². The molecule has 0 atom stereocenters. The van der Waals surface area contributed by atoms with Gasteiger partial charge in [-0.3, -0.25) is 9.59 Å². The third-order valence-corrected chi connectivity index (χ3v) is 8.19. The molecule has 0 aromatic heterocycles. The maximum absolute atomic E-state index is 11.9. The van der Waals surface area contributed by atoms with Gasteiger partial charge < -0.3 is 9.84 Å². The molecule has 0 aromatic rings. The molecule has 0 bridgehead atoms. The fourth-order valence-corrected chi connectivity index (χ4v) is 5.45. The molecule has 0 aliphatic carbocycles. The first-order valence-electron chi connectivity index (χ1n) is 18.2. The number of ether oxygens (including phenoxy) is 1. The first-order chi connectivity index (χ1) is 20.2. The lowest BCUT2D eigenvalue weighted by molar-refractivity contribution is -0.144. The molecule has 0 unspecified atom stereocenters. The molecule has 242 valence electrons. The average molecular weight is 579 g/mol. The van der Waals surface area contributed by atoms with Crippen molar-refractivity contribution in [3.05, 3.63) is 12.2 Å². The zero-order chi connectivity index (χ0) is 29.9. The van der Waals surface area contributed by atoms with E-state index < -0.39 is 5.97 Å². The van der Waals surface area contributed by atoms with Gasteiger partial charge in [0.15, 0.2) is 0 Å². The zero-order valence-electron chi connectivity index (χ0n) is 27.5. The van der Waals surface area contributed by atoms with Gasteiger partial charge in [0.25, 0.3) is 0 Å². The molecule has 0 heterocycles. The van der Waals surface area contributed by atoms with Crippen molar-refractivity contribution in [3.63, 3.8) is 0 Å². The van der Waals surface area contributed by atoms with E-state index in [0.717, 1.165) is 32.1 Å². The highest BCUT2D eigenvalue weighted by Gasteiger charge is 2.03. The monoisotopic (exact) mass is 579 g/mol. The predicted octanol–water partition coefficient (Wildman–Crippen LogP) is 12.3. The molecule has 4 nitrogen and oxygen atoms in total. The number of carbonyl (C=O) groups is 2. The Morgan fingerprint density at radius 1 is 0.463 bits per heavy atom. The van der Waals surface area contributed by atoms with Crippen molar-refractivity contribution in [2.75, 3.05) is 6.61 Å². The summed E-state index contributed by atoms with van der Waals surface area (Å²) in [5.74, 6) is -0.670. The second-order valence-electron chi connectivity index (χ2n) is 12.4. The minimum absolute atomic E-state index is 0.00185. The van der Waals surface area contributed by atoms with E-state index in [2.05, 4.69) is 19.1 Å². The highest BCUT2D eigenvalue weighted by molar-refractivity contribution is 5.69. The molecule has 0 radical (unpaired) electrons. The van der Waals surface area contributed by atoms with E-state index in [1.807, 2.05) is 0 Å². The van der Waals surface area contributed by atoms with E-state index in [4.69, 9.17) is 9.84 Å². The Morgan fingerprint density at radius 2 is 0.805 bits per heavy atom. The van der Waals surface area contributed by atoms with Crippen LogP contribution >= 0.6 is 0 Å². The molecule has 0 saturated carbocycles. The molecule has 0 aliphatic heterocycles. The summed E-state index contributed by atoms with van der Waals surface area (Å²) in [7, 11) is 0. The van der Waals surface area contributed by atoms with Crippen LogP contribution in [0.15, 0.2) is 12.2 Å². The molecular formula is C37H70O4. The SMILES string of the molecule is CCCCCCCCC=CCCCCCCCCCC(=O)OCCCCCCCCCCCCCCCCC(=O)O. The molecule has 0 aromatic carbocycles. The molecule has 0 fully saturated rings. The van der Waals surface area contributed by atoms with Crippen LogP contribution in [0.3, 0.4) is 0 Å². The van der Waals surface area contributed by atoms with Crippen LogP contribution in [0.1, 0.15) is 206 Å². The largest absolute Gasteiger partial charge is 0.481 e. The first kappa shape index (κ1) is 39.7. The van der Waals surface area contributed by atoms with Crippen LogP contribution in [0.5, 0.6) is 0 Å². The Bertz CT molecular complexity index is 571. The lowest BCUT2D eigenvalue weighted by Crippen LogP contribution is -2.05. The van der Waals surface area contributed by atoms with Crippen LogP contribution in [0.25, 0.3) is 0 Å². The summed E-state index contributed by atoms with van der Waals surface area (Å²) in [6, 6.07) is 0. The summed E-state index contributed by atoms with van der Waals surface area (Å²) in [4.78, 5) is 22.4. The second-order valence-corrected chi connectivity index (χ2v) is 12.4. The van der Waals surface area contributed by atoms with Crippen molar-refractivity contribution in [3.8, 4) is 0 Å². The summed E-state index contributed by atoms with van der Waals surface area (Å²) >= 11 is 0. The van der Waals surface area contributed by atoms with Crippen LogP contribution in [0.4, 0.5) is 0 Å². The van der Waals surface area contributed by atoms with Crippen LogP contribution in [0, 0.1) is 0 Å². The molecule has 0 rings (SSSR count). The average Bonchev–Trinajstić information content (AvgIpc) is 2.96. The van der Waals surface area contributed by atoms with E-state index in [1.54, 1.807) is 0 Å². The van der Waals surface area contributed by atoms with Crippen molar-refractivity contribution in [1.29, 1.82) is 0 Å². The molecule has 0 saturated heterocycles. The van der Waals surface area contributed by atoms with Crippen molar-refractivity contribution < 1.29 is 19.4 Å². The summed E-state index contributed by atoms with van der Waals surface area (Å²) in [6.07, 6.45) is 42.2. The molecule has 0 aliphatic rings. The number of rotatable bonds is 34. The van der Waals surface area contributed by atoms with Crippen molar-refractivity contribution in [2.24, 2.45) is 0 Å². The molecule has 41 heavy (non-hydrogen) atoms. The van der Waals surface area contributed by atoms with Gasteiger partial charge in [-0.1, -0.05) is 160 Å². The van der Waals surface area contributed by atoms with Gasteiger partial charge in [0.05, 0.1) is 6.61 Å². The van der Waals surface area contributed by atoms with E-state index in [1.165, 1.54) is 154 Å². The van der Waals surface area contributed by atoms with Gasteiger partial charge in [0.1, 0.15) is 0 Å². The van der Waals surface area contributed by atoms with Gasteiger partial charge in [0.2, 0.25) is 0 Å². The summed E-state index contributed by atoms with van der Waals surface area (Å²) < 4.78 is 5.42. The quantitative estimate of drug-likeness (QED) is 0.0468. The van der Waals surface area contributed by atoms with E-state index in [0.29, 0.717) is 19.4 Å². The minimum Gasteiger partial charge on any atom is -0.481 e. The molecule has 0 amide bonds. The van der Waals surface area contributed by atoms with Gasteiger partial charge >= 0.3 is 11.9 Å². The third kappa shape index (κ3) is 36.7. The van der Waals surface area contributed by atoms with Crippen LogP contribution in [-0.4, -0.2) is 23.7 Å². The molecule has 1 N–H and O–H groups in total. The summed E-state index contributed by atoms with van der Waals surface area (Å²) in [6.45, 7) is 2.88. The fraction of sp³-hybridized carbons (Fsp3) is 0.892. The van der Waals surface area contributed by atoms with Gasteiger partial charge in [-0.25, -0.2) is 0 Å². The highest BCUT2D eigenvalue weighted by atomic mass is 16.5. The number of hydrogen-bond donors (Lipinski definition) is 1. The highest BCUT2D eigenvalue weighted by Crippen LogP contribution is 2.14. The summed E-state index contributed by atoms with van der Waals surface area (Å²) in [5.41, 5.74) is 0. The van der Waals surface area contributed by atoms with Crippen LogP contribution in [-0.2, 0) is 14.3 Å². The predicted molar refractivity (Wildman–Crippen MR) is 177 cm³/mol. The Labute approximate surface area is 255 Å². The minimum atomic E-state index is -0.668. The first-order valence-corrected chi connectivity index (χ1v) is 18.2. The number of unbranched alkanes of at least 4 members (excludes halogenated alkanes) is 26. The Morgan fingerprint density at radius 3 is 1.22 bits per heavy atom. The van der Waals surface area contributed by atoms with E-state index in [9.17, 15) is 9.59 Å². The Hall–Kier alpha value is -1.32. The van der Waals surface area contributed by atoms with Gasteiger partial charge in [0, 0.05) is 12.8 Å². The van der Waals surface area contributed by atoms with Crippen molar-refractivity contribution >= 4 is 11.9 Å². The standard InChI is InChI=1S/C37H70O4/c1-2-3-4-5-6-7-8-9-10-11-12-16-19-22-25-28-31-34-37(40)41-35-32-29-26-23-20-17-14-13-15-18-21-24-27-30-33-36(38)39/h9-10H,2-8,11-35H2,1H3,(H,38,39). The van der Waals surface area contributed by atoms with Crippen LogP contribution < -0.4 is 0 Å². The number of aliphatic carboxylic acids is 1. The number of hydrogen-bond acceptors (Lipinski definition) is 3. The smallest absolute Gasteiger partial charge is 0.305 e. The molecule has 4 heteroatoms. The number of esters is 1. The van der Waals surface area contributed by atoms with E-state index >= 15 is 0 Å². The Kier molecular flexibility index (Phi) is 33.8.